The molecule has 0 saturated heterocycles. The average molecular weight is 353 g/mol. The highest BCUT2D eigenvalue weighted by Crippen LogP contribution is 2.34. The van der Waals surface area contributed by atoms with Gasteiger partial charge in [0.2, 0.25) is 5.16 Å². The van der Waals surface area contributed by atoms with E-state index in [0.717, 1.165) is 11.3 Å². The van der Waals surface area contributed by atoms with Crippen molar-refractivity contribution in [3.05, 3.63) is 71.5 Å². The number of thioether (sulfide) groups is 1. The van der Waals surface area contributed by atoms with Crippen LogP contribution in [0.5, 0.6) is 0 Å². The Morgan fingerprint density at radius 2 is 1.92 bits per heavy atom. The zero-order chi connectivity index (χ0) is 17.8. The summed E-state index contributed by atoms with van der Waals surface area (Å²) in [5, 5.41) is 11.7. The van der Waals surface area contributed by atoms with Gasteiger partial charge in [-0.3, -0.25) is 4.79 Å². The van der Waals surface area contributed by atoms with E-state index in [2.05, 4.69) is 22.4 Å². The SMILES string of the molecule is Cc1nnc(S[C@@H](C)c2cccc(NC(=O)c3ccccc3)c2)n1N. The second kappa shape index (κ2) is 7.40. The molecule has 0 bridgehead atoms. The number of benzene rings is 2. The zero-order valence-electron chi connectivity index (χ0n) is 14.0. The Hall–Kier alpha value is -2.80. The first-order valence-electron chi connectivity index (χ1n) is 7.84. The molecule has 0 aliphatic carbocycles. The molecule has 0 fully saturated rings. The summed E-state index contributed by atoms with van der Waals surface area (Å²) in [6.07, 6.45) is 0. The maximum Gasteiger partial charge on any atom is 0.255 e. The van der Waals surface area contributed by atoms with Gasteiger partial charge in [0.15, 0.2) is 0 Å². The lowest BCUT2D eigenvalue weighted by atomic mass is 10.1. The number of nitrogens with one attached hydrogen (secondary N) is 1. The molecule has 1 heterocycles. The molecule has 0 aliphatic heterocycles. The molecule has 3 rings (SSSR count). The highest BCUT2D eigenvalue weighted by atomic mass is 32.2. The van der Waals surface area contributed by atoms with E-state index < -0.39 is 0 Å². The fourth-order valence-corrected chi connectivity index (χ4v) is 3.25. The number of anilines is 1. The number of aromatic nitrogens is 3. The largest absolute Gasteiger partial charge is 0.336 e. The predicted octanol–water partition coefficient (Wildman–Crippen LogP) is 3.41. The third-order valence-corrected chi connectivity index (χ3v) is 4.88. The van der Waals surface area contributed by atoms with Crippen LogP contribution in [0.25, 0.3) is 0 Å². The Kier molecular flexibility index (Phi) is 5.04. The lowest BCUT2D eigenvalue weighted by molar-refractivity contribution is 0.102. The minimum absolute atomic E-state index is 0.111. The third kappa shape index (κ3) is 4.00. The summed E-state index contributed by atoms with van der Waals surface area (Å²) in [5.74, 6) is 6.44. The van der Waals surface area contributed by atoms with Crippen molar-refractivity contribution in [1.29, 1.82) is 0 Å². The number of nitrogen functional groups attached to an aromatic ring is 1. The van der Waals surface area contributed by atoms with E-state index in [9.17, 15) is 4.79 Å². The van der Waals surface area contributed by atoms with Crippen molar-refractivity contribution >= 4 is 23.4 Å². The van der Waals surface area contributed by atoms with Crippen LogP contribution in [0.1, 0.15) is 33.9 Å². The number of rotatable bonds is 5. The standard InChI is InChI=1S/C18H19N5OS/c1-12(25-18-22-21-13(2)23(18)19)15-9-6-10-16(11-15)20-17(24)14-7-4-3-5-8-14/h3-12H,19H2,1-2H3,(H,20,24)/t12-/m0/s1. The Morgan fingerprint density at radius 1 is 1.16 bits per heavy atom. The molecule has 7 heteroatoms. The van der Waals surface area contributed by atoms with Crippen LogP contribution in [0.15, 0.2) is 59.8 Å². The molecule has 1 aromatic heterocycles. The topological polar surface area (TPSA) is 85.8 Å². The van der Waals surface area contributed by atoms with E-state index in [1.54, 1.807) is 12.1 Å². The molecule has 0 unspecified atom stereocenters. The van der Waals surface area contributed by atoms with Gasteiger partial charge in [-0.1, -0.05) is 42.1 Å². The highest BCUT2D eigenvalue weighted by molar-refractivity contribution is 7.99. The first-order valence-corrected chi connectivity index (χ1v) is 8.72. The maximum absolute atomic E-state index is 12.3. The molecule has 0 radical (unpaired) electrons. The van der Waals surface area contributed by atoms with Crippen LogP contribution in [-0.4, -0.2) is 20.8 Å². The lowest BCUT2D eigenvalue weighted by Gasteiger charge is -2.13. The summed E-state index contributed by atoms with van der Waals surface area (Å²) in [6.45, 7) is 3.87. The van der Waals surface area contributed by atoms with Crippen LogP contribution in [0, 0.1) is 6.92 Å². The van der Waals surface area contributed by atoms with Crippen molar-refractivity contribution in [3.63, 3.8) is 0 Å². The van der Waals surface area contributed by atoms with Crippen LogP contribution in [0.4, 0.5) is 5.69 Å². The van der Waals surface area contributed by atoms with Gasteiger partial charge < -0.3 is 11.2 Å². The van der Waals surface area contributed by atoms with E-state index in [0.29, 0.717) is 16.5 Å². The summed E-state index contributed by atoms with van der Waals surface area (Å²) in [4.78, 5) is 12.3. The number of hydrogen-bond donors (Lipinski definition) is 2. The summed E-state index contributed by atoms with van der Waals surface area (Å²) in [7, 11) is 0. The van der Waals surface area contributed by atoms with Gasteiger partial charge in [0.1, 0.15) is 5.82 Å². The van der Waals surface area contributed by atoms with Gasteiger partial charge in [-0.25, -0.2) is 4.68 Å². The summed E-state index contributed by atoms with van der Waals surface area (Å²) < 4.78 is 1.47. The van der Waals surface area contributed by atoms with Gasteiger partial charge in [0.25, 0.3) is 5.91 Å². The average Bonchev–Trinajstić information content (AvgIpc) is 2.94. The van der Waals surface area contributed by atoms with Crippen LogP contribution in [0.2, 0.25) is 0 Å². The number of aryl methyl sites for hydroxylation is 1. The molecule has 0 aliphatic rings. The minimum Gasteiger partial charge on any atom is -0.336 e. The Labute approximate surface area is 150 Å². The number of nitrogens with two attached hydrogens (primary N) is 1. The van der Waals surface area contributed by atoms with Crippen molar-refractivity contribution in [3.8, 4) is 0 Å². The summed E-state index contributed by atoms with van der Waals surface area (Å²) in [6, 6.07) is 16.9. The van der Waals surface area contributed by atoms with Crippen LogP contribution >= 0.6 is 11.8 Å². The van der Waals surface area contributed by atoms with Gasteiger partial charge in [0, 0.05) is 16.5 Å². The number of nitrogens with zero attached hydrogens (tertiary/aromatic N) is 3. The summed E-state index contributed by atoms with van der Waals surface area (Å²) >= 11 is 1.52. The van der Waals surface area contributed by atoms with Crippen molar-refractivity contribution in [2.45, 2.75) is 24.3 Å². The van der Waals surface area contributed by atoms with Crippen LogP contribution in [0.3, 0.4) is 0 Å². The number of carbonyl (C=O) groups is 1. The molecule has 128 valence electrons. The molecule has 0 saturated carbocycles. The zero-order valence-corrected chi connectivity index (χ0v) is 14.8. The fraction of sp³-hybridized carbons (Fsp3) is 0.167. The second-order valence-electron chi connectivity index (χ2n) is 5.61. The highest BCUT2D eigenvalue weighted by Gasteiger charge is 2.14. The van der Waals surface area contributed by atoms with Crippen LogP contribution in [-0.2, 0) is 0 Å². The smallest absolute Gasteiger partial charge is 0.255 e. The van der Waals surface area contributed by atoms with Gasteiger partial charge in [-0.2, -0.15) is 0 Å². The minimum atomic E-state index is -0.129. The number of hydrogen-bond acceptors (Lipinski definition) is 5. The second-order valence-corrected chi connectivity index (χ2v) is 6.91. The number of carbonyl (C=O) groups excluding carboxylic acids is 1. The molecule has 0 spiro atoms. The van der Waals surface area contributed by atoms with Gasteiger partial charge in [0.05, 0.1) is 0 Å². The quantitative estimate of drug-likeness (QED) is 0.542. The van der Waals surface area contributed by atoms with E-state index in [1.165, 1.54) is 16.4 Å². The normalized spacial score (nSPS) is 11.9. The third-order valence-electron chi connectivity index (χ3n) is 3.77. The molecular formula is C18H19N5OS. The van der Waals surface area contributed by atoms with Gasteiger partial charge in [-0.15, -0.1) is 10.2 Å². The Balaban J connectivity index is 1.72. The van der Waals surface area contributed by atoms with E-state index >= 15 is 0 Å². The fourth-order valence-electron chi connectivity index (χ4n) is 2.32. The van der Waals surface area contributed by atoms with Crippen molar-refractivity contribution in [2.24, 2.45) is 0 Å². The van der Waals surface area contributed by atoms with Crippen molar-refractivity contribution in [1.82, 2.24) is 14.9 Å². The predicted molar refractivity (Wildman–Crippen MR) is 100 cm³/mol. The Bertz CT molecular complexity index is 878. The van der Waals surface area contributed by atoms with E-state index in [-0.39, 0.29) is 11.2 Å². The first-order chi connectivity index (χ1) is 12.0. The monoisotopic (exact) mass is 353 g/mol. The molecule has 1 atom stereocenters. The maximum atomic E-state index is 12.3. The van der Waals surface area contributed by atoms with Gasteiger partial charge >= 0.3 is 0 Å². The molecule has 1 amide bonds. The molecule has 25 heavy (non-hydrogen) atoms. The van der Waals surface area contributed by atoms with Crippen molar-refractivity contribution < 1.29 is 4.79 Å². The number of amides is 1. The van der Waals surface area contributed by atoms with E-state index in [4.69, 9.17) is 5.84 Å². The molecule has 3 aromatic rings. The molecule has 2 aromatic carbocycles. The Morgan fingerprint density at radius 3 is 2.60 bits per heavy atom. The molecular weight excluding hydrogens is 334 g/mol. The van der Waals surface area contributed by atoms with Gasteiger partial charge in [-0.05, 0) is 43.7 Å². The van der Waals surface area contributed by atoms with Crippen LogP contribution < -0.4 is 11.2 Å². The summed E-state index contributed by atoms with van der Waals surface area (Å²) in [5.41, 5.74) is 2.45. The molecule has 3 N–H and O–H groups in total. The molecule has 6 nitrogen and oxygen atoms in total. The first kappa shape index (κ1) is 17.0. The van der Waals surface area contributed by atoms with E-state index in [1.807, 2.05) is 49.4 Å². The lowest BCUT2D eigenvalue weighted by Crippen LogP contribution is -2.12. The van der Waals surface area contributed by atoms with Crippen molar-refractivity contribution in [2.75, 3.05) is 11.2 Å².